The molecule has 1 fully saturated rings. The largest absolute Gasteiger partial charge is 0.407 e. The number of anilines is 2. The van der Waals surface area contributed by atoms with Gasteiger partial charge in [0.2, 0.25) is 0 Å². The molecule has 36 heavy (non-hydrogen) atoms. The summed E-state index contributed by atoms with van der Waals surface area (Å²) in [4.78, 5) is 21.7. The van der Waals surface area contributed by atoms with Crippen molar-refractivity contribution in [2.75, 3.05) is 16.3 Å². The Labute approximate surface area is 212 Å². The van der Waals surface area contributed by atoms with Gasteiger partial charge in [-0.25, -0.2) is 4.85 Å². The Hall–Kier alpha value is -3.61. The van der Waals surface area contributed by atoms with Gasteiger partial charge < -0.3 is 4.90 Å². The van der Waals surface area contributed by atoms with Crippen molar-refractivity contribution in [1.82, 2.24) is 0 Å². The van der Waals surface area contributed by atoms with E-state index in [0.29, 0.717) is 12.2 Å². The Bertz CT molecular complexity index is 1230. The van der Waals surface area contributed by atoms with Gasteiger partial charge >= 0.3 is 6.18 Å². The highest BCUT2D eigenvalue weighted by atomic mass is 32.1. The van der Waals surface area contributed by atoms with Crippen LogP contribution in [0.4, 0.5) is 30.2 Å². The molecular weight excluding hydrogens is 489 g/mol. The van der Waals surface area contributed by atoms with Gasteiger partial charge in [0, 0.05) is 22.8 Å². The Kier molecular flexibility index (Phi) is 8.23. The molecule has 0 N–H and O–H groups in total. The molecule has 1 heterocycles. The van der Waals surface area contributed by atoms with Crippen molar-refractivity contribution in [2.24, 2.45) is 5.11 Å². The first kappa shape index (κ1) is 27.0. The number of thiocarbonyl (C=S) groups is 1. The second-order valence-electron chi connectivity index (χ2n) is 8.91. The lowest BCUT2D eigenvalue weighted by atomic mass is 10.0. The summed E-state index contributed by atoms with van der Waals surface area (Å²) in [7, 11) is 0. The van der Waals surface area contributed by atoms with E-state index in [2.05, 4.69) is 14.9 Å². The van der Waals surface area contributed by atoms with Crippen LogP contribution < -0.4 is 9.80 Å². The lowest BCUT2D eigenvalue weighted by Crippen LogP contribution is -2.44. The number of carbonyl (C=O) groups is 1. The van der Waals surface area contributed by atoms with E-state index in [4.69, 9.17) is 24.3 Å². The van der Waals surface area contributed by atoms with Crippen molar-refractivity contribution in [1.29, 1.82) is 0 Å². The van der Waals surface area contributed by atoms with Crippen LogP contribution in [0.15, 0.2) is 47.6 Å². The van der Waals surface area contributed by atoms with E-state index in [-0.39, 0.29) is 10.8 Å². The van der Waals surface area contributed by atoms with Gasteiger partial charge in [0.25, 0.3) is 5.91 Å². The lowest BCUT2D eigenvalue weighted by molar-refractivity contribution is -0.136. The molecule has 2 aromatic carbocycles. The molecule has 2 aromatic rings. The number of alkyl halides is 3. The highest BCUT2D eigenvalue weighted by molar-refractivity contribution is 7.81. The minimum atomic E-state index is -4.74. The number of carbonyl (C=O) groups excluding carboxylic acids is 1. The highest BCUT2D eigenvalue weighted by Gasteiger charge is 2.50. The van der Waals surface area contributed by atoms with E-state index >= 15 is 0 Å². The van der Waals surface area contributed by atoms with Gasteiger partial charge in [-0.3, -0.25) is 9.69 Å². The fourth-order valence-corrected chi connectivity index (χ4v) is 4.69. The number of unbranched alkanes of at least 4 members (excludes halogenated alkanes) is 3. The van der Waals surface area contributed by atoms with Crippen LogP contribution >= 0.6 is 12.2 Å². The van der Waals surface area contributed by atoms with Crippen LogP contribution in [-0.2, 0) is 17.4 Å². The number of benzene rings is 2. The van der Waals surface area contributed by atoms with E-state index in [0.717, 1.165) is 54.7 Å². The minimum absolute atomic E-state index is 0.0302. The summed E-state index contributed by atoms with van der Waals surface area (Å²) >= 11 is 5.57. The third-order valence-corrected chi connectivity index (χ3v) is 6.43. The molecule has 0 aromatic heterocycles. The quantitative estimate of drug-likeness (QED) is 0.0864. The van der Waals surface area contributed by atoms with E-state index in [1.54, 1.807) is 18.7 Å². The molecule has 0 radical (unpaired) electrons. The molecule has 7 nitrogen and oxygen atoms in total. The fourth-order valence-electron chi connectivity index (χ4n) is 4.17. The van der Waals surface area contributed by atoms with Gasteiger partial charge in [-0.1, -0.05) is 36.2 Å². The molecule has 1 saturated heterocycles. The molecule has 1 aliphatic rings. The summed E-state index contributed by atoms with van der Waals surface area (Å²) in [6.45, 7) is 10.9. The van der Waals surface area contributed by atoms with Gasteiger partial charge in [0.15, 0.2) is 10.8 Å². The van der Waals surface area contributed by atoms with Crippen LogP contribution in [-0.4, -0.2) is 23.1 Å². The molecule has 188 valence electrons. The van der Waals surface area contributed by atoms with Crippen LogP contribution in [0.1, 0.15) is 50.7 Å². The number of amides is 1. The average molecular weight is 515 g/mol. The number of aryl methyl sites for hydroxylation is 1. The van der Waals surface area contributed by atoms with E-state index in [9.17, 15) is 18.0 Å². The van der Waals surface area contributed by atoms with Crippen LogP contribution in [0.2, 0.25) is 0 Å². The summed E-state index contributed by atoms with van der Waals surface area (Å²) in [6.07, 6.45) is -0.0261. The number of hydrogen-bond donors (Lipinski definition) is 0. The van der Waals surface area contributed by atoms with E-state index in [1.807, 2.05) is 24.3 Å². The average Bonchev–Trinajstić information content (AvgIpc) is 3.01. The molecule has 0 aliphatic carbocycles. The zero-order valence-corrected chi connectivity index (χ0v) is 20.7. The van der Waals surface area contributed by atoms with Crippen molar-refractivity contribution in [2.45, 2.75) is 57.7 Å². The summed E-state index contributed by atoms with van der Waals surface area (Å²) < 4.78 is 40.5. The predicted molar refractivity (Wildman–Crippen MR) is 137 cm³/mol. The molecule has 0 spiro atoms. The van der Waals surface area contributed by atoms with E-state index < -0.39 is 28.9 Å². The molecule has 0 bridgehead atoms. The number of rotatable bonds is 9. The summed E-state index contributed by atoms with van der Waals surface area (Å²) in [6, 6.07) is 10.8. The lowest BCUT2D eigenvalue weighted by Gasteiger charge is -2.29. The standard InChI is InChI=1S/C25H25F3N6OS/c1-24(2)22(35)33(19-13-14-21(30-3)20(16-19)25(26,27)28)23(36)34(24)18-11-9-17(10-12-18)8-6-4-5-7-15-31-32-29/h9-14,16H,4-8,15H2,1-2H3. The van der Waals surface area contributed by atoms with Crippen LogP contribution in [0.5, 0.6) is 0 Å². The van der Waals surface area contributed by atoms with Crippen molar-refractivity contribution in [3.63, 3.8) is 0 Å². The topological polar surface area (TPSA) is 76.7 Å². The maximum absolute atomic E-state index is 13.5. The van der Waals surface area contributed by atoms with Gasteiger partial charge in [-0.2, -0.15) is 13.2 Å². The molecule has 1 aliphatic heterocycles. The molecule has 3 rings (SSSR count). The number of halogens is 3. The predicted octanol–water partition coefficient (Wildman–Crippen LogP) is 7.59. The van der Waals surface area contributed by atoms with Gasteiger partial charge in [0.05, 0.1) is 12.1 Å². The summed E-state index contributed by atoms with van der Waals surface area (Å²) in [5.74, 6) is -0.457. The zero-order valence-electron chi connectivity index (χ0n) is 19.9. The van der Waals surface area contributed by atoms with Crippen LogP contribution in [0, 0.1) is 6.57 Å². The van der Waals surface area contributed by atoms with Crippen LogP contribution in [0.3, 0.4) is 0 Å². The van der Waals surface area contributed by atoms with Crippen molar-refractivity contribution in [3.8, 4) is 0 Å². The van der Waals surface area contributed by atoms with Crippen molar-refractivity contribution < 1.29 is 18.0 Å². The fraction of sp³-hybridized carbons (Fsp3) is 0.400. The normalized spacial score (nSPS) is 15.1. The number of hydrogen-bond acceptors (Lipinski definition) is 3. The molecule has 0 unspecified atom stereocenters. The molecule has 0 atom stereocenters. The SMILES string of the molecule is [C-]#[N+]c1ccc(N2C(=O)C(C)(C)N(c3ccc(CCCCCCN=[N+]=[N-])cc3)C2=S)cc1C(F)(F)F. The third kappa shape index (κ3) is 5.61. The first-order chi connectivity index (χ1) is 17.0. The highest BCUT2D eigenvalue weighted by Crippen LogP contribution is 2.41. The molecular formula is C25H25F3N6OS. The Morgan fingerprint density at radius 2 is 1.69 bits per heavy atom. The zero-order chi connectivity index (χ0) is 26.5. The second kappa shape index (κ2) is 11.0. The Morgan fingerprint density at radius 1 is 1.06 bits per heavy atom. The monoisotopic (exact) mass is 514 g/mol. The van der Waals surface area contributed by atoms with Crippen molar-refractivity contribution in [3.05, 3.63) is 75.5 Å². The number of nitrogens with zero attached hydrogens (tertiary/aromatic N) is 6. The summed E-state index contributed by atoms with van der Waals surface area (Å²) in [5.41, 5.74) is 7.27. The van der Waals surface area contributed by atoms with Gasteiger partial charge in [-0.05, 0) is 80.7 Å². The second-order valence-corrected chi connectivity index (χ2v) is 9.28. The molecule has 0 saturated carbocycles. The van der Waals surface area contributed by atoms with E-state index in [1.165, 1.54) is 6.07 Å². The Morgan fingerprint density at radius 3 is 2.31 bits per heavy atom. The minimum Gasteiger partial charge on any atom is -0.304 e. The first-order valence-electron chi connectivity index (χ1n) is 11.4. The maximum Gasteiger partial charge on any atom is 0.407 e. The number of azide groups is 1. The van der Waals surface area contributed by atoms with Gasteiger partial charge in [0.1, 0.15) is 5.54 Å². The third-order valence-electron chi connectivity index (χ3n) is 6.06. The van der Waals surface area contributed by atoms with Gasteiger partial charge in [-0.15, -0.1) is 0 Å². The maximum atomic E-state index is 13.5. The first-order valence-corrected chi connectivity index (χ1v) is 11.8. The smallest absolute Gasteiger partial charge is 0.304 e. The Balaban J connectivity index is 1.78. The van der Waals surface area contributed by atoms with Crippen LogP contribution in [0.25, 0.3) is 15.3 Å². The van der Waals surface area contributed by atoms with Crippen molar-refractivity contribution >= 4 is 40.3 Å². The molecule has 1 amide bonds. The molecule has 11 heteroatoms. The summed E-state index contributed by atoms with van der Waals surface area (Å²) in [5, 5.41) is 3.59.